The van der Waals surface area contributed by atoms with Crippen LogP contribution in [0, 0.1) is 0 Å². The van der Waals surface area contributed by atoms with Crippen LogP contribution in [0.1, 0.15) is 15.9 Å². The molecule has 164 valence electrons. The second kappa shape index (κ2) is 8.44. The van der Waals surface area contributed by atoms with Crippen molar-refractivity contribution in [3.8, 4) is 11.4 Å². The molecule has 5 rings (SSSR count). The van der Waals surface area contributed by atoms with Gasteiger partial charge in [-0.2, -0.15) is 0 Å². The van der Waals surface area contributed by atoms with Gasteiger partial charge in [-0.05, 0) is 60.2 Å². The monoisotopic (exact) mass is 458 g/mol. The average molecular weight is 459 g/mol. The quantitative estimate of drug-likeness (QED) is 0.407. The molecule has 1 amide bonds. The average Bonchev–Trinajstić information content (AvgIpc) is 3.19. The number of nitrogens with one attached hydrogen (secondary N) is 2. The third-order valence-electron chi connectivity index (χ3n) is 5.48. The molecule has 2 heterocycles. The number of aromatic amines is 1. The van der Waals surface area contributed by atoms with Gasteiger partial charge in [0.15, 0.2) is 0 Å². The van der Waals surface area contributed by atoms with Crippen LogP contribution >= 0.6 is 11.6 Å². The first-order valence-electron chi connectivity index (χ1n) is 10.2. The number of methoxy groups -OCH3 is 1. The van der Waals surface area contributed by atoms with Crippen LogP contribution < -0.4 is 15.6 Å². The Hall–Kier alpha value is -4.10. The SMILES string of the molecule is COc1ccc(CNC(=O)c2ccc3ncc4c(=O)n(-c5ccc(Cl)cc5)[nH]c4c3c2)cc1. The molecule has 5 aromatic rings. The zero-order valence-corrected chi connectivity index (χ0v) is 18.4. The number of rotatable bonds is 5. The summed E-state index contributed by atoms with van der Waals surface area (Å²) in [6.07, 6.45) is 1.55. The predicted octanol–water partition coefficient (Wildman–Crippen LogP) is 4.46. The van der Waals surface area contributed by atoms with E-state index in [1.807, 2.05) is 24.3 Å². The van der Waals surface area contributed by atoms with Crippen molar-refractivity contribution in [1.29, 1.82) is 0 Å². The number of benzene rings is 3. The molecule has 0 aliphatic carbocycles. The molecule has 8 heteroatoms. The number of carbonyl (C=O) groups excluding carboxylic acids is 1. The van der Waals surface area contributed by atoms with E-state index in [1.165, 1.54) is 4.68 Å². The maximum absolute atomic E-state index is 13.0. The first-order chi connectivity index (χ1) is 16.0. The van der Waals surface area contributed by atoms with Crippen LogP contribution in [0.2, 0.25) is 5.02 Å². The molecular weight excluding hydrogens is 440 g/mol. The Kier molecular flexibility index (Phi) is 5.32. The van der Waals surface area contributed by atoms with Crippen molar-refractivity contribution in [3.63, 3.8) is 0 Å². The summed E-state index contributed by atoms with van der Waals surface area (Å²) in [7, 11) is 1.61. The summed E-state index contributed by atoms with van der Waals surface area (Å²) in [4.78, 5) is 30.2. The number of hydrogen-bond acceptors (Lipinski definition) is 4. The number of aromatic nitrogens is 3. The van der Waals surface area contributed by atoms with Gasteiger partial charge in [0, 0.05) is 28.7 Å². The summed E-state index contributed by atoms with van der Waals surface area (Å²) >= 11 is 5.97. The minimum absolute atomic E-state index is 0.218. The number of pyridine rings is 1. The van der Waals surface area contributed by atoms with Crippen molar-refractivity contribution >= 4 is 39.3 Å². The van der Waals surface area contributed by atoms with Gasteiger partial charge in [0.1, 0.15) is 5.75 Å². The standard InChI is InChI=1S/C25H19ClN4O3/c1-33-19-9-2-15(3-10-19)13-28-24(31)16-4-11-22-20(12-16)23-21(14-27-22)25(32)30(29-23)18-7-5-17(26)6-8-18/h2-12,14,29H,13H2,1H3,(H,28,31). The highest BCUT2D eigenvalue weighted by Crippen LogP contribution is 2.23. The molecule has 2 aromatic heterocycles. The number of fused-ring (bicyclic) bond motifs is 3. The van der Waals surface area contributed by atoms with Crippen LogP contribution in [0.15, 0.2) is 77.7 Å². The highest BCUT2D eigenvalue weighted by molar-refractivity contribution is 6.30. The van der Waals surface area contributed by atoms with Crippen LogP contribution in [0.25, 0.3) is 27.5 Å². The van der Waals surface area contributed by atoms with Gasteiger partial charge in [-0.15, -0.1) is 0 Å². The fourth-order valence-electron chi connectivity index (χ4n) is 3.70. The fourth-order valence-corrected chi connectivity index (χ4v) is 3.83. The number of ether oxygens (including phenoxy) is 1. The number of halogens is 1. The molecule has 0 spiro atoms. The Morgan fingerprint density at radius 3 is 2.55 bits per heavy atom. The van der Waals surface area contributed by atoms with E-state index < -0.39 is 0 Å². The Morgan fingerprint density at radius 2 is 1.82 bits per heavy atom. The van der Waals surface area contributed by atoms with E-state index in [0.29, 0.717) is 44.6 Å². The number of nitrogens with zero attached hydrogens (tertiary/aromatic N) is 2. The van der Waals surface area contributed by atoms with E-state index >= 15 is 0 Å². The summed E-state index contributed by atoms with van der Waals surface area (Å²) in [5, 5.41) is 7.79. The molecule has 2 N–H and O–H groups in total. The Morgan fingerprint density at radius 1 is 1.06 bits per heavy atom. The number of amides is 1. The summed E-state index contributed by atoms with van der Waals surface area (Å²) in [5.74, 6) is 0.542. The zero-order valence-electron chi connectivity index (χ0n) is 17.6. The van der Waals surface area contributed by atoms with E-state index in [4.69, 9.17) is 16.3 Å². The second-order valence-corrected chi connectivity index (χ2v) is 7.97. The molecule has 0 atom stereocenters. The van der Waals surface area contributed by atoms with Crippen molar-refractivity contribution in [2.24, 2.45) is 0 Å². The zero-order chi connectivity index (χ0) is 22.9. The smallest absolute Gasteiger partial charge is 0.280 e. The fraction of sp³-hybridized carbons (Fsp3) is 0.0800. The van der Waals surface area contributed by atoms with Crippen LogP contribution in [0.5, 0.6) is 5.75 Å². The molecule has 7 nitrogen and oxygen atoms in total. The summed E-state index contributed by atoms with van der Waals surface area (Å²) < 4.78 is 6.60. The molecule has 0 saturated carbocycles. The van der Waals surface area contributed by atoms with Crippen molar-refractivity contribution in [1.82, 2.24) is 20.1 Å². The van der Waals surface area contributed by atoms with Crippen molar-refractivity contribution in [3.05, 3.63) is 99.4 Å². The lowest BCUT2D eigenvalue weighted by atomic mass is 10.1. The van der Waals surface area contributed by atoms with Crippen LogP contribution in [-0.4, -0.2) is 27.8 Å². The predicted molar refractivity (Wildman–Crippen MR) is 128 cm³/mol. The van der Waals surface area contributed by atoms with Crippen LogP contribution in [0.4, 0.5) is 0 Å². The van der Waals surface area contributed by atoms with Gasteiger partial charge in [0.25, 0.3) is 11.5 Å². The summed E-state index contributed by atoms with van der Waals surface area (Å²) in [5.41, 5.74) is 3.16. The molecule has 33 heavy (non-hydrogen) atoms. The van der Waals surface area contributed by atoms with Crippen molar-refractivity contribution in [2.75, 3.05) is 7.11 Å². The lowest BCUT2D eigenvalue weighted by molar-refractivity contribution is 0.0951. The van der Waals surface area contributed by atoms with E-state index in [0.717, 1.165) is 11.3 Å². The van der Waals surface area contributed by atoms with Gasteiger partial charge in [0.2, 0.25) is 0 Å². The summed E-state index contributed by atoms with van der Waals surface area (Å²) in [6.45, 7) is 0.382. The minimum Gasteiger partial charge on any atom is -0.497 e. The molecule has 0 aliphatic rings. The van der Waals surface area contributed by atoms with Crippen LogP contribution in [0.3, 0.4) is 0 Å². The molecule has 0 aliphatic heterocycles. The Balaban J connectivity index is 1.48. The molecular formula is C25H19ClN4O3. The van der Waals surface area contributed by atoms with E-state index in [1.54, 1.807) is 55.8 Å². The number of hydrogen-bond donors (Lipinski definition) is 2. The largest absolute Gasteiger partial charge is 0.497 e. The highest BCUT2D eigenvalue weighted by atomic mass is 35.5. The van der Waals surface area contributed by atoms with Gasteiger partial charge >= 0.3 is 0 Å². The molecule has 0 unspecified atom stereocenters. The first kappa shape index (κ1) is 20.8. The number of carbonyl (C=O) groups is 1. The van der Waals surface area contributed by atoms with Crippen LogP contribution in [-0.2, 0) is 6.54 Å². The lowest BCUT2D eigenvalue weighted by Crippen LogP contribution is -2.22. The van der Waals surface area contributed by atoms with Crippen molar-refractivity contribution < 1.29 is 9.53 Å². The van der Waals surface area contributed by atoms with Crippen molar-refractivity contribution in [2.45, 2.75) is 6.54 Å². The molecule has 0 saturated heterocycles. The van der Waals surface area contributed by atoms with E-state index in [-0.39, 0.29) is 11.5 Å². The summed E-state index contributed by atoms with van der Waals surface area (Å²) in [6, 6.07) is 19.7. The highest BCUT2D eigenvalue weighted by Gasteiger charge is 2.14. The van der Waals surface area contributed by atoms with Gasteiger partial charge in [-0.3, -0.25) is 19.7 Å². The topological polar surface area (TPSA) is 89.0 Å². The third-order valence-corrected chi connectivity index (χ3v) is 5.74. The van der Waals surface area contributed by atoms with Gasteiger partial charge < -0.3 is 10.1 Å². The lowest BCUT2D eigenvalue weighted by Gasteiger charge is -2.07. The third kappa shape index (κ3) is 3.94. The maximum atomic E-state index is 13.0. The Bertz CT molecular complexity index is 1540. The number of H-pyrrole nitrogens is 1. The van der Waals surface area contributed by atoms with E-state index in [9.17, 15) is 9.59 Å². The Labute approximate surface area is 193 Å². The molecule has 0 radical (unpaired) electrons. The second-order valence-electron chi connectivity index (χ2n) is 7.54. The minimum atomic E-state index is -0.226. The molecule has 3 aromatic carbocycles. The van der Waals surface area contributed by atoms with E-state index in [2.05, 4.69) is 15.4 Å². The molecule has 0 fully saturated rings. The normalized spacial score (nSPS) is 11.1. The van der Waals surface area contributed by atoms with Gasteiger partial charge in [-0.1, -0.05) is 23.7 Å². The van der Waals surface area contributed by atoms with Gasteiger partial charge in [0.05, 0.1) is 29.2 Å². The van der Waals surface area contributed by atoms with Gasteiger partial charge in [-0.25, -0.2) is 4.68 Å². The molecule has 0 bridgehead atoms. The first-order valence-corrected chi connectivity index (χ1v) is 10.6. The maximum Gasteiger partial charge on any atom is 0.280 e.